The van der Waals surface area contributed by atoms with Crippen LogP contribution in [0.2, 0.25) is 0 Å². The molecule has 1 aromatic carbocycles. The number of hydrogen-bond donors (Lipinski definition) is 9. The van der Waals surface area contributed by atoms with Gasteiger partial charge in [-0.3, -0.25) is 33.6 Å². The summed E-state index contributed by atoms with van der Waals surface area (Å²) in [5.74, 6) is -9.47. The maximum absolute atomic E-state index is 13.2. The predicted octanol–water partition coefficient (Wildman–Crippen LogP) is -2.20. The number of rotatable bonds is 19. The normalized spacial score (nSPS) is 14.1. The Balaban J connectivity index is 3.12. The first-order valence-corrected chi connectivity index (χ1v) is 13.0. The smallest absolute Gasteiger partial charge is 0.326 e. The molecule has 0 unspecified atom stereocenters. The molecule has 0 aromatic heterocycles. The van der Waals surface area contributed by atoms with Gasteiger partial charge in [0.15, 0.2) is 0 Å². The van der Waals surface area contributed by atoms with E-state index >= 15 is 0 Å². The number of benzene rings is 1. The largest absolute Gasteiger partial charge is 0.481 e. The van der Waals surface area contributed by atoms with Gasteiger partial charge in [-0.1, -0.05) is 30.3 Å². The molecule has 0 bridgehead atoms. The Morgan fingerprint density at radius 3 is 1.70 bits per heavy atom. The van der Waals surface area contributed by atoms with E-state index in [2.05, 4.69) is 21.3 Å². The van der Waals surface area contributed by atoms with Crippen LogP contribution < -0.4 is 27.0 Å². The van der Waals surface area contributed by atoms with Gasteiger partial charge in [0.05, 0.1) is 12.5 Å². The zero-order chi connectivity index (χ0) is 32.7. The van der Waals surface area contributed by atoms with E-state index in [1.165, 1.54) is 6.92 Å². The van der Waals surface area contributed by atoms with Gasteiger partial charge in [-0.05, 0) is 25.3 Å². The number of carbonyl (C=O) groups excluding carboxylic acids is 4. The monoisotopic (exact) mass is 609 g/mol. The molecular weight excluding hydrogens is 574 g/mol. The van der Waals surface area contributed by atoms with E-state index in [4.69, 9.17) is 21.1 Å². The highest BCUT2D eigenvalue weighted by molar-refractivity contribution is 5.96. The lowest BCUT2D eigenvalue weighted by Gasteiger charge is -2.25. The number of amides is 4. The summed E-state index contributed by atoms with van der Waals surface area (Å²) in [4.78, 5) is 95.6. The third-order valence-electron chi connectivity index (χ3n) is 5.95. The van der Waals surface area contributed by atoms with Gasteiger partial charge in [-0.15, -0.1) is 0 Å². The van der Waals surface area contributed by atoms with Gasteiger partial charge in [0.1, 0.15) is 24.2 Å². The number of aliphatic carboxylic acids is 4. The van der Waals surface area contributed by atoms with Crippen LogP contribution in [0.1, 0.15) is 44.6 Å². The van der Waals surface area contributed by atoms with E-state index < -0.39 is 103 Å². The fourth-order valence-electron chi connectivity index (χ4n) is 3.61. The molecule has 0 aliphatic rings. The highest BCUT2D eigenvalue weighted by atomic mass is 16.4. The van der Waals surface area contributed by atoms with E-state index in [9.17, 15) is 43.5 Å². The van der Waals surface area contributed by atoms with Crippen LogP contribution in [0.25, 0.3) is 0 Å². The van der Waals surface area contributed by atoms with Crippen molar-refractivity contribution < 1.29 is 58.8 Å². The molecule has 1 aromatic rings. The molecule has 0 heterocycles. The zero-order valence-electron chi connectivity index (χ0n) is 23.1. The number of carboxylic acids is 4. The molecule has 17 nitrogen and oxygen atoms in total. The Labute approximate surface area is 245 Å². The molecule has 5 atom stereocenters. The standard InChI is InChI=1S/C26H35N5O12/c1-13(28-23(39)15(27)7-9-19(32)33)22(38)29-16(8-10-20(34)35)24(40)30-17(11-14-5-3-2-4-6-14)25(41)31-18(26(42)43)12-21(36)37/h2-6,13,15-18H,7-12,27H2,1H3,(H,28,39)(H,29,38)(H,30,40)(H,31,41)(H,32,33)(H,34,35)(H,36,37)(H,42,43)/t13-,15-,16-,17-,18-/m0/s1. The van der Waals surface area contributed by atoms with E-state index in [-0.39, 0.29) is 12.8 Å². The molecule has 0 spiro atoms. The molecule has 43 heavy (non-hydrogen) atoms. The van der Waals surface area contributed by atoms with Crippen molar-refractivity contribution >= 4 is 47.5 Å². The fraction of sp³-hybridized carbons (Fsp3) is 0.462. The summed E-state index contributed by atoms with van der Waals surface area (Å²) in [6.07, 6.45) is -2.77. The van der Waals surface area contributed by atoms with Crippen molar-refractivity contribution in [2.45, 2.75) is 75.7 Å². The van der Waals surface area contributed by atoms with Crippen LogP contribution in [-0.2, 0) is 44.8 Å². The first-order chi connectivity index (χ1) is 20.1. The Hall–Kier alpha value is -5.06. The van der Waals surface area contributed by atoms with E-state index in [0.717, 1.165) is 0 Å². The lowest BCUT2D eigenvalue weighted by atomic mass is 10.0. The summed E-state index contributed by atoms with van der Waals surface area (Å²) in [7, 11) is 0. The van der Waals surface area contributed by atoms with Crippen LogP contribution in [0, 0.1) is 0 Å². The second-order valence-electron chi connectivity index (χ2n) is 9.51. The van der Waals surface area contributed by atoms with Crippen molar-refractivity contribution in [2.75, 3.05) is 0 Å². The number of nitrogens with two attached hydrogens (primary N) is 1. The summed E-state index contributed by atoms with van der Waals surface area (Å²) in [5, 5.41) is 45.1. The van der Waals surface area contributed by atoms with Gasteiger partial charge in [0.2, 0.25) is 23.6 Å². The topological polar surface area (TPSA) is 292 Å². The summed E-state index contributed by atoms with van der Waals surface area (Å²) < 4.78 is 0. The van der Waals surface area contributed by atoms with Crippen LogP contribution in [0.5, 0.6) is 0 Å². The first-order valence-electron chi connectivity index (χ1n) is 13.0. The van der Waals surface area contributed by atoms with Crippen LogP contribution in [0.15, 0.2) is 30.3 Å². The minimum Gasteiger partial charge on any atom is -0.481 e. The molecule has 0 radical (unpaired) electrons. The molecule has 0 aliphatic carbocycles. The molecule has 1 rings (SSSR count). The number of carbonyl (C=O) groups is 8. The van der Waals surface area contributed by atoms with Gasteiger partial charge < -0.3 is 47.4 Å². The van der Waals surface area contributed by atoms with E-state index in [1.807, 2.05) is 0 Å². The Morgan fingerprint density at radius 2 is 1.16 bits per heavy atom. The summed E-state index contributed by atoms with van der Waals surface area (Å²) in [6.45, 7) is 1.24. The minimum atomic E-state index is -1.82. The van der Waals surface area contributed by atoms with Crippen LogP contribution in [0.3, 0.4) is 0 Å². The Bertz CT molecular complexity index is 1190. The Morgan fingerprint density at radius 1 is 0.651 bits per heavy atom. The fourth-order valence-corrected chi connectivity index (χ4v) is 3.61. The van der Waals surface area contributed by atoms with E-state index in [0.29, 0.717) is 5.56 Å². The second kappa shape index (κ2) is 17.7. The predicted molar refractivity (Wildman–Crippen MR) is 145 cm³/mol. The summed E-state index contributed by atoms with van der Waals surface area (Å²) in [6, 6.07) is 0.787. The summed E-state index contributed by atoms with van der Waals surface area (Å²) >= 11 is 0. The molecule has 4 amide bonds. The third kappa shape index (κ3) is 13.9. The minimum absolute atomic E-state index is 0.182. The van der Waals surface area contributed by atoms with Gasteiger partial charge in [0.25, 0.3) is 0 Å². The van der Waals surface area contributed by atoms with Gasteiger partial charge in [0, 0.05) is 19.3 Å². The van der Waals surface area contributed by atoms with Crippen molar-refractivity contribution in [1.82, 2.24) is 21.3 Å². The van der Waals surface area contributed by atoms with Gasteiger partial charge in [-0.25, -0.2) is 4.79 Å². The summed E-state index contributed by atoms with van der Waals surface area (Å²) in [5.41, 5.74) is 6.15. The molecule has 10 N–H and O–H groups in total. The quantitative estimate of drug-likeness (QED) is 0.0806. The van der Waals surface area contributed by atoms with Crippen molar-refractivity contribution in [1.29, 1.82) is 0 Å². The van der Waals surface area contributed by atoms with Crippen molar-refractivity contribution in [3.63, 3.8) is 0 Å². The number of nitrogens with one attached hydrogen (secondary N) is 4. The Kier molecular flexibility index (Phi) is 14.8. The molecule has 17 heteroatoms. The number of hydrogen-bond acceptors (Lipinski definition) is 9. The lowest BCUT2D eigenvalue weighted by molar-refractivity contribution is -0.147. The third-order valence-corrected chi connectivity index (χ3v) is 5.95. The van der Waals surface area contributed by atoms with Crippen LogP contribution in [0.4, 0.5) is 0 Å². The maximum atomic E-state index is 13.2. The molecule has 0 fully saturated rings. The molecule has 236 valence electrons. The van der Waals surface area contributed by atoms with E-state index in [1.54, 1.807) is 30.3 Å². The molecule has 0 aliphatic heterocycles. The zero-order valence-corrected chi connectivity index (χ0v) is 23.1. The van der Waals surface area contributed by atoms with Gasteiger partial charge >= 0.3 is 23.9 Å². The maximum Gasteiger partial charge on any atom is 0.326 e. The van der Waals surface area contributed by atoms with Crippen LogP contribution in [-0.4, -0.2) is 98.1 Å². The van der Waals surface area contributed by atoms with Crippen LogP contribution >= 0.6 is 0 Å². The highest BCUT2D eigenvalue weighted by Gasteiger charge is 2.32. The van der Waals surface area contributed by atoms with Crippen molar-refractivity contribution in [3.05, 3.63) is 35.9 Å². The first kappa shape index (κ1) is 36.0. The highest BCUT2D eigenvalue weighted by Crippen LogP contribution is 2.07. The lowest BCUT2D eigenvalue weighted by Crippen LogP contribution is -2.58. The second-order valence-corrected chi connectivity index (χ2v) is 9.51. The van der Waals surface area contributed by atoms with Crippen molar-refractivity contribution in [2.24, 2.45) is 5.73 Å². The molecule has 0 saturated heterocycles. The molecule has 0 saturated carbocycles. The average molecular weight is 610 g/mol. The number of carboxylic acid groups (broad SMARTS) is 4. The SMILES string of the molecule is C[C@H](NC(=O)[C@@H](N)CCC(=O)O)C(=O)N[C@@H](CCC(=O)O)C(=O)N[C@@H](Cc1ccccc1)C(=O)N[C@@H](CC(=O)O)C(=O)O. The van der Waals surface area contributed by atoms with Crippen molar-refractivity contribution in [3.8, 4) is 0 Å². The average Bonchev–Trinajstić information content (AvgIpc) is 2.92. The van der Waals surface area contributed by atoms with Gasteiger partial charge in [-0.2, -0.15) is 0 Å². The molecular formula is C26H35N5O12.